The van der Waals surface area contributed by atoms with Crippen molar-refractivity contribution in [1.29, 1.82) is 0 Å². The van der Waals surface area contributed by atoms with Crippen molar-refractivity contribution in [3.63, 3.8) is 0 Å². The minimum Gasteiger partial charge on any atom is -0.359 e. The molecule has 1 aromatic heterocycles. The number of nitrogens with one attached hydrogen (secondary N) is 1. The van der Waals surface area contributed by atoms with E-state index >= 15 is 0 Å². The third-order valence-corrected chi connectivity index (χ3v) is 4.61. The topological polar surface area (TPSA) is 56.9 Å². The van der Waals surface area contributed by atoms with Crippen molar-refractivity contribution in [3.05, 3.63) is 53.4 Å². The fourth-order valence-corrected chi connectivity index (χ4v) is 3.13. The van der Waals surface area contributed by atoms with Gasteiger partial charge in [0.1, 0.15) is 6.54 Å². The highest BCUT2D eigenvalue weighted by Crippen LogP contribution is 2.10. The molecule has 0 spiro atoms. The summed E-state index contributed by atoms with van der Waals surface area (Å²) in [7, 11) is 0. The third kappa shape index (κ3) is 5.08. The van der Waals surface area contributed by atoms with Crippen molar-refractivity contribution < 1.29 is 4.52 Å². The molecule has 0 aliphatic carbocycles. The first-order chi connectivity index (χ1) is 12.8. The maximum absolute atomic E-state index is 5.34. The molecule has 6 heteroatoms. The highest BCUT2D eigenvalue weighted by Gasteiger charge is 2.19. The Morgan fingerprint density at radius 1 is 1.15 bits per heavy atom. The summed E-state index contributed by atoms with van der Waals surface area (Å²) in [5, 5.41) is 7.44. The van der Waals surface area contributed by atoms with Crippen molar-refractivity contribution >= 4 is 5.96 Å². The Bertz CT molecular complexity index is 689. The number of aryl methyl sites for hydroxylation is 1. The number of aliphatic imine (C=N–C) groups is 1. The van der Waals surface area contributed by atoms with E-state index in [4.69, 9.17) is 9.52 Å². The standard InChI is InChI=1S/C20H29N5O/c1-3-18-14-19(26-23-18)15-22-20(21-4-2)25-12-10-24(11-13-25)16-17-8-6-5-7-9-17/h5-9,14H,3-4,10-13,15-16H2,1-2H3,(H,21,22). The largest absolute Gasteiger partial charge is 0.359 e. The van der Waals surface area contributed by atoms with Gasteiger partial charge in [-0.05, 0) is 18.9 Å². The maximum Gasteiger partial charge on any atom is 0.194 e. The van der Waals surface area contributed by atoms with Crippen LogP contribution in [0.2, 0.25) is 0 Å². The van der Waals surface area contributed by atoms with Crippen molar-refractivity contribution in [2.45, 2.75) is 33.4 Å². The van der Waals surface area contributed by atoms with Gasteiger partial charge in [0, 0.05) is 45.3 Å². The summed E-state index contributed by atoms with van der Waals surface area (Å²) >= 11 is 0. The van der Waals surface area contributed by atoms with Gasteiger partial charge in [0.2, 0.25) is 0 Å². The molecule has 1 fully saturated rings. The van der Waals surface area contributed by atoms with Crippen LogP contribution in [0.15, 0.2) is 45.9 Å². The highest BCUT2D eigenvalue weighted by atomic mass is 16.5. The lowest BCUT2D eigenvalue weighted by Gasteiger charge is -2.36. The van der Waals surface area contributed by atoms with Crippen LogP contribution in [0, 0.1) is 0 Å². The molecular weight excluding hydrogens is 326 g/mol. The molecule has 26 heavy (non-hydrogen) atoms. The Labute approximate surface area is 155 Å². The molecule has 2 heterocycles. The number of guanidine groups is 1. The molecule has 2 aromatic rings. The number of rotatable bonds is 6. The Morgan fingerprint density at radius 3 is 2.58 bits per heavy atom. The number of hydrogen-bond donors (Lipinski definition) is 1. The summed E-state index contributed by atoms with van der Waals surface area (Å²) in [5.74, 6) is 1.78. The Hall–Kier alpha value is -2.34. The summed E-state index contributed by atoms with van der Waals surface area (Å²) in [4.78, 5) is 9.58. The van der Waals surface area contributed by atoms with Crippen LogP contribution >= 0.6 is 0 Å². The normalized spacial score (nSPS) is 16.1. The van der Waals surface area contributed by atoms with E-state index in [-0.39, 0.29) is 0 Å². The number of hydrogen-bond acceptors (Lipinski definition) is 4. The van der Waals surface area contributed by atoms with Crippen LogP contribution in [0.1, 0.15) is 30.9 Å². The SMILES string of the molecule is CCNC(=NCc1cc(CC)no1)N1CCN(Cc2ccccc2)CC1. The molecule has 1 N–H and O–H groups in total. The molecule has 1 saturated heterocycles. The Kier molecular flexibility index (Phi) is 6.66. The molecule has 1 aromatic carbocycles. The van der Waals surface area contributed by atoms with E-state index in [1.807, 2.05) is 6.07 Å². The van der Waals surface area contributed by atoms with Gasteiger partial charge in [-0.15, -0.1) is 0 Å². The predicted octanol–water partition coefficient (Wildman–Crippen LogP) is 2.52. The molecule has 0 unspecified atom stereocenters. The van der Waals surface area contributed by atoms with Gasteiger partial charge in [0.15, 0.2) is 11.7 Å². The second kappa shape index (κ2) is 9.38. The summed E-state index contributed by atoms with van der Waals surface area (Å²) in [6.45, 7) is 10.6. The maximum atomic E-state index is 5.34. The van der Waals surface area contributed by atoms with Crippen LogP contribution < -0.4 is 5.32 Å². The van der Waals surface area contributed by atoms with Gasteiger partial charge in [0.25, 0.3) is 0 Å². The molecule has 1 aliphatic rings. The molecule has 0 bridgehead atoms. The van der Waals surface area contributed by atoms with Gasteiger partial charge in [0.05, 0.1) is 5.69 Å². The lowest BCUT2D eigenvalue weighted by molar-refractivity contribution is 0.172. The fraction of sp³-hybridized carbons (Fsp3) is 0.500. The van der Waals surface area contributed by atoms with E-state index in [9.17, 15) is 0 Å². The van der Waals surface area contributed by atoms with E-state index in [1.54, 1.807) is 0 Å². The molecule has 1 aliphatic heterocycles. The average molecular weight is 355 g/mol. The fourth-order valence-electron chi connectivity index (χ4n) is 3.13. The molecule has 6 nitrogen and oxygen atoms in total. The van der Waals surface area contributed by atoms with Crippen LogP contribution in [0.3, 0.4) is 0 Å². The quantitative estimate of drug-likeness (QED) is 0.637. The minimum atomic E-state index is 0.527. The van der Waals surface area contributed by atoms with Gasteiger partial charge in [-0.1, -0.05) is 42.4 Å². The number of aromatic nitrogens is 1. The summed E-state index contributed by atoms with van der Waals surface area (Å²) in [5.41, 5.74) is 2.35. The van der Waals surface area contributed by atoms with Crippen molar-refractivity contribution in [2.75, 3.05) is 32.7 Å². The summed E-state index contributed by atoms with van der Waals surface area (Å²) in [6, 6.07) is 12.7. The van der Waals surface area contributed by atoms with E-state index in [1.165, 1.54) is 5.56 Å². The zero-order chi connectivity index (χ0) is 18.2. The zero-order valence-corrected chi connectivity index (χ0v) is 15.8. The van der Waals surface area contributed by atoms with Gasteiger partial charge < -0.3 is 14.7 Å². The van der Waals surface area contributed by atoms with Crippen molar-refractivity contribution in [3.8, 4) is 0 Å². The number of benzene rings is 1. The first-order valence-electron chi connectivity index (χ1n) is 9.52. The van der Waals surface area contributed by atoms with Gasteiger partial charge in [-0.3, -0.25) is 4.90 Å². The van der Waals surface area contributed by atoms with Crippen LogP contribution in [-0.4, -0.2) is 53.6 Å². The Balaban J connectivity index is 1.54. The van der Waals surface area contributed by atoms with Gasteiger partial charge in [-0.2, -0.15) is 0 Å². The van der Waals surface area contributed by atoms with Crippen molar-refractivity contribution in [1.82, 2.24) is 20.3 Å². The second-order valence-electron chi connectivity index (χ2n) is 6.56. The Morgan fingerprint density at radius 2 is 1.92 bits per heavy atom. The smallest absolute Gasteiger partial charge is 0.194 e. The van der Waals surface area contributed by atoms with Crippen LogP contribution in [0.5, 0.6) is 0 Å². The summed E-state index contributed by atoms with van der Waals surface area (Å²) in [6.07, 6.45) is 0.886. The van der Waals surface area contributed by atoms with Gasteiger partial charge >= 0.3 is 0 Å². The van der Waals surface area contributed by atoms with Crippen LogP contribution in [0.4, 0.5) is 0 Å². The van der Waals surface area contributed by atoms with Crippen LogP contribution in [0.25, 0.3) is 0 Å². The predicted molar refractivity (Wildman–Crippen MR) is 104 cm³/mol. The lowest BCUT2D eigenvalue weighted by Crippen LogP contribution is -2.52. The first-order valence-corrected chi connectivity index (χ1v) is 9.52. The molecule has 140 valence electrons. The molecular formula is C20H29N5O. The van der Waals surface area contributed by atoms with E-state index in [0.717, 1.165) is 63.1 Å². The lowest BCUT2D eigenvalue weighted by atomic mass is 10.2. The molecule has 0 saturated carbocycles. The molecule has 3 rings (SSSR count). The second-order valence-corrected chi connectivity index (χ2v) is 6.56. The van der Waals surface area contributed by atoms with Gasteiger partial charge in [-0.25, -0.2) is 4.99 Å². The number of piperazine rings is 1. The molecule has 0 atom stereocenters. The van der Waals surface area contributed by atoms with E-state index in [0.29, 0.717) is 6.54 Å². The molecule has 0 amide bonds. The minimum absolute atomic E-state index is 0.527. The average Bonchev–Trinajstić information content (AvgIpc) is 3.15. The monoisotopic (exact) mass is 355 g/mol. The summed E-state index contributed by atoms with van der Waals surface area (Å²) < 4.78 is 5.34. The molecule has 0 radical (unpaired) electrons. The highest BCUT2D eigenvalue weighted by molar-refractivity contribution is 5.80. The van der Waals surface area contributed by atoms with E-state index < -0.39 is 0 Å². The first kappa shape index (κ1) is 18.5. The van der Waals surface area contributed by atoms with E-state index in [2.05, 4.69) is 64.5 Å². The third-order valence-electron chi connectivity index (χ3n) is 4.61. The van der Waals surface area contributed by atoms with Crippen LogP contribution in [-0.2, 0) is 19.5 Å². The van der Waals surface area contributed by atoms with Crippen molar-refractivity contribution in [2.24, 2.45) is 4.99 Å². The zero-order valence-electron chi connectivity index (χ0n) is 15.8. The number of nitrogens with zero attached hydrogens (tertiary/aromatic N) is 4.